The minimum Gasteiger partial charge on any atom is -0.497 e. The number of imide groups is 1. The van der Waals surface area contributed by atoms with Gasteiger partial charge in [-0.05, 0) is 65.1 Å². The van der Waals surface area contributed by atoms with Gasteiger partial charge in [0.05, 0.1) is 23.7 Å². The molecule has 1 fully saturated rings. The zero-order valence-electron chi connectivity index (χ0n) is 24.5. The van der Waals surface area contributed by atoms with Crippen LogP contribution in [0.3, 0.4) is 0 Å². The fourth-order valence-corrected chi connectivity index (χ4v) is 8.57. The van der Waals surface area contributed by atoms with Crippen LogP contribution in [0, 0.1) is 5.92 Å². The molecule has 0 aliphatic carbocycles. The molecule has 3 aromatic carbocycles. The van der Waals surface area contributed by atoms with Crippen molar-refractivity contribution < 1.29 is 19.1 Å². The van der Waals surface area contributed by atoms with Gasteiger partial charge >= 0.3 is 4.87 Å². The van der Waals surface area contributed by atoms with Crippen LogP contribution in [0.1, 0.15) is 42.7 Å². The van der Waals surface area contributed by atoms with Gasteiger partial charge in [0.15, 0.2) is 0 Å². The van der Waals surface area contributed by atoms with Gasteiger partial charge in [0.2, 0.25) is 17.7 Å². The highest BCUT2D eigenvalue weighted by Crippen LogP contribution is 2.54. The monoisotopic (exact) mass is 647 g/mol. The van der Waals surface area contributed by atoms with Crippen LogP contribution in [-0.4, -0.2) is 34.6 Å². The number of thioether (sulfide) groups is 1. The molecule has 0 radical (unpaired) electrons. The van der Waals surface area contributed by atoms with Crippen LogP contribution in [0.2, 0.25) is 5.02 Å². The number of fused-ring (bicyclic) bond motifs is 2. The lowest BCUT2D eigenvalue weighted by Crippen LogP contribution is -2.33. The molecule has 0 bridgehead atoms. The summed E-state index contributed by atoms with van der Waals surface area (Å²) >= 11 is 8.29. The van der Waals surface area contributed by atoms with Gasteiger partial charge in [0.25, 0.3) is 0 Å². The van der Waals surface area contributed by atoms with Crippen LogP contribution in [0.25, 0.3) is 0 Å². The molecular weight excluding hydrogens is 618 g/mol. The van der Waals surface area contributed by atoms with E-state index in [0.717, 1.165) is 22.5 Å². The Morgan fingerprint density at radius 1 is 0.932 bits per heavy atom. The average molecular weight is 648 g/mol. The molecule has 8 nitrogen and oxygen atoms in total. The second-order valence-corrected chi connectivity index (χ2v) is 14.4. The summed E-state index contributed by atoms with van der Waals surface area (Å²) in [5, 5.41) is 3.08. The van der Waals surface area contributed by atoms with Crippen LogP contribution in [-0.2, 0) is 26.3 Å². The molecule has 3 heterocycles. The molecule has 3 amide bonds. The fraction of sp³-hybridized carbons (Fsp3) is 0.273. The van der Waals surface area contributed by atoms with Gasteiger partial charge in [-0.2, -0.15) is 0 Å². The van der Waals surface area contributed by atoms with E-state index in [-0.39, 0.29) is 34.6 Å². The van der Waals surface area contributed by atoms with Crippen molar-refractivity contribution in [3.63, 3.8) is 0 Å². The number of aromatic nitrogens is 1. The summed E-state index contributed by atoms with van der Waals surface area (Å²) in [6.45, 7) is 6.14. The van der Waals surface area contributed by atoms with E-state index < -0.39 is 17.1 Å². The number of amides is 3. The van der Waals surface area contributed by atoms with Crippen LogP contribution in [0.4, 0.5) is 11.4 Å². The Hall–Kier alpha value is -3.86. The molecule has 2 aliphatic rings. The molecule has 6 rings (SSSR count). The largest absolute Gasteiger partial charge is 0.497 e. The molecule has 1 N–H and O–H groups in total. The number of halogens is 1. The van der Waals surface area contributed by atoms with Gasteiger partial charge in [-0.1, -0.05) is 79.7 Å². The first-order chi connectivity index (χ1) is 21.0. The van der Waals surface area contributed by atoms with E-state index in [2.05, 4.69) is 26.1 Å². The second-order valence-electron chi connectivity index (χ2n) is 11.8. The molecule has 2 aliphatic heterocycles. The van der Waals surface area contributed by atoms with Crippen molar-refractivity contribution in [2.45, 2.75) is 48.9 Å². The van der Waals surface area contributed by atoms with Gasteiger partial charge in [-0.25, -0.2) is 4.90 Å². The minimum atomic E-state index is -0.775. The van der Waals surface area contributed by atoms with Gasteiger partial charge in [-0.15, -0.1) is 0 Å². The molecule has 11 heteroatoms. The molecule has 1 saturated heterocycles. The normalized spacial score (nSPS) is 19.5. The number of hydrogen-bond donors (Lipinski definition) is 1. The zero-order chi connectivity index (χ0) is 31.3. The van der Waals surface area contributed by atoms with E-state index in [4.69, 9.17) is 16.3 Å². The van der Waals surface area contributed by atoms with Crippen molar-refractivity contribution in [1.82, 2.24) is 4.57 Å². The van der Waals surface area contributed by atoms with Gasteiger partial charge in [0.1, 0.15) is 17.5 Å². The topological polar surface area (TPSA) is 97.7 Å². The van der Waals surface area contributed by atoms with Crippen molar-refractivity contribution >= 4 is 63.8 Å². The summed E-state index contributed by atoms with van der Waals surface area (Å²) in [4.78, 5) is 56.1. The first-order valence-corrected chi connectivity index (χ1v) is 16.1. The average Bonchev–Trinajstić information content (AvgIpc) is 3.43. The quantitative estimate of drug-likeness (QED) is 0.247. The molecule has 0 spiro atoms. The molecule has 2 unspecified atom stereocenters. The Balaban J connectivity index is 1.40. The predicted molar refractivity (Wildman–Crippen MR) is 174 cm³/mol. The van der Waals surface area contributed by atoms with Crippen molar-refractivity contribution in [2.75, 3.05) is 17.3 Å². The number of ether oxygens (including phenoxy) is 1. The van der Waals surface area contributed by atoms with E-state index in [0.29, 0.717) is 32.1 Å². The fourth-order valence-electron chi connectivity index (χ4n) is 5.67. The number of thiazole rings is 1. The van der Waals surface area contributed by atoms with Gasteiger partial charge in [0, 0.05) is 21.5 Å². The van der Waals surface area contributed by atoms with E-state index in [9.17, 15) is 19.2 Å². The first-order valence-electron chi connectivity index (χ1n) is 14.0. The number of nitrogens with one attached hydrogen (secondary N) is 1. The predicted octanol–water partition coefficient (Wildman–Crippen LogP) is 6.30. The van der Waals surface area contributed by atoms with Crippen molar-refractivity contribution in [1.29, 1.82) is 0 Å². The van der Waals surface area contributed by atoms with Crippen molar-refractivity contribution in [3.8, 4) is 5.75 Å². The number of methoxy groups -OCH3 is 1. The molecule has 1 aromatic heterocycles. The van der Waals surface area contributed by atoms with Crippen LogP contribution in [0.15, 0.2) is 82.6 Å². The molecule has 44 heavy (non-hydrogen) atoms. The highest BCUT2D eigenvalue weighted by atomic mass is 35.5. The lowest BCUT2D eigenvalue weighted by atomic mass is 9.81. The molecule has 3 atom stereocenters. The third-order valence-corrected chi connectivity index (χ3v) is 10.8. The summed E-state index contributed by atoms with van der Waals surface area (Å²) in [6, 6.07) is 21.5. The van der Waals surface area contributed by atoms with Crippen LogP contribution >= 0.6 is 34.7 Å². The summed E-state index contributed by atoms with van der Waals surface area (Å²) < 4.78 is 6.59. The zero-order valence-corrected chi connectivity index (χ0v) is 26.9. The lowest BCUT2D eigenvalue weighted by Gasteiger charge is -2.31. The van der Waals surface area contributed by atoms with Gasteiger partial charge < -0.3 is 10.1 Å². The Morgan fingerprint density at radius 3 is 2.20 bits per heavy atom. The number of benzene rings is 3. The molecular formula is C33H30ClN3O5S2. The number of carbonyl (C=O) groups excluding carboxylic acids is 3. The smallest absolute Gasteiger partial charge is 0.308 e. The number of nitrogens with zero attached hydrogens (tertiary/aromatic N) is 2. The van der Waals surface area contributed by atoms with Crippen molar-refractivity contribution in [2.24, 2.45) is 5.92 Å². The number of hydrogen-bond acceptors (Lipinski definition) is 7. The number of carbonyl (C=O) groups is 3. The summed E-state index contributed by atoms with van der Waals surface area (Å²) in [6.07, 6.45) is 0. The highest BCUT2D eigenvalue weighted by Gasteiger charge is 2.56. The third-order valence-electron chi connectivity index (χ3n) is 7.95. The Labute approximate surface area is 268 Å². The van der Waals surface area contributed by atoms with E-state index in [1.807, 2.05) is 24.3 Å². The Morgan fingerprint density at radius 2 is 1.59 bits per heavy atom. The van der Waals surface area contributed by atoms with Crippen LogP contribution < -0.4 is 19.8 Å². The maximum atomic E-state index is 14.1. The SMILES string of the molecule is COc1ccc(NC(=O)Cn2c3c(sc2=O)[C@@H](c2ccc(C(C)(C)C)cc2)C2C(=O)N(c4ccc(Cl)cc4)C(=O)C2S3)cc1. The Bertz CT molecular complexity index is 1810. The Kier molecular flexibility index (Phi) is 7.94. The maximum Gasteiger partial charge on any atom is 0.308 e. The van der Waals surface area contributed by atoms with Crippen molar-refractivity contribution in [3.05, 3.63) is 103 Å². The van der Waals surface area contributed by atoms with E-state index >= 15 is 0 Å². The number of rotatable bonds is 6. The molecule has 4 aromatic rings. The molecule has 0 saturated carbocycles. The van der Waals surface area contributed by atoms with E-state index in [1.54, 1.807) is 55.6 Å². The maximum absolute atomic E-state index is 14.1. The second kappa shape index (κ2) is 11.6. The summed E-state index contributed by atoms with van der Waals surface area (Å²) in [5.41, 5.74) is 2.89. The summed E-state index contributed by atoms with van der Waals surface area (Å²) in [7, 11) is 1.56. The lowest BCUT2D eigenvalue weighted by molar-refractivity contribution is -0.122. The standard InChI is InChI=1S/C33H30ClN3O5S2/c1-33(2,3)19-7-5-18(6-8-19)25-26-27(30(40)37(29(26)39)22-13-9-20(34)10-14-22)43-31-28(25)44-32(41)36(31)17-24(38)35-21-11-15-23(42-4)16-12-21/h5-16,25-27H,17H2,1-4H3,(H,35,38)/t25-,26?,27?/m0/s1. The van der Waals surface area contributed by atoms with Crippen LogP contribution in [0.5, 0.6) is 5.75 Å². The highest BCUT2D eigenvalue weighted by molar-refractivity contribution is 8.00. The minimum absolute atomic E-state index is 0.0788. The summed E-state index contributed by atoms with van der Waals surface area (Å²) in [5.74, 6) is -1.68. The molecule has 226 valence electrons. The number of anilines is 2. The van der Waals surface area contributed by atoms with Gasteiger partial charge in [-0.3, -0.25) is 23.7 Å². The first kappa shape index (κ1) is 30.2. The van der Waals surface area contributed by atoms with E-state index in [1.165, 1.54) is 21.2 Å². The third kappa shape index (κ3) is 5.46.